The number of rotatable bonds is 26. The minimum absolute atomic E-state index is 1.07. The Labute approximate surface area is 257 Å². The standard InChI is InChI=1S/C31H71NO4Si4/c1-7-9-11-13-15-17-19-21-23-25-28-32(29-26-24-22-20-18-16-14-12-10-8-2)30-27-31-40(6)35-38(4)33-37(3)34-39(5)36-40/h37-39H,7-31H2,1-6H3. The van der Waals surface area contributed by atoms with Crippen LogP contribution in [0, 0.1) is 0 Å². The first-order valence-corrected chi connectivity index (χ1v) is 26.6. The monoisotopic (exact) mass is 633 g/mol. The van der Waals surface area contributed by atoms with E-state index < -0.39 is 36.4 Å². The third kappa shape index (κ3) is 22.2. The zero-order chi connectivity index (χ0) is 29.3. The van der Waals surface area contributed by atoms with E-state index in [0.29, 0.717) is 0 Å². The van der Waals surface area contributed by atoms with E-state index in [4.69, 9.17) is 16.5 Å². The van der Waals surface area contributed by atoms with Crippen molar-refractivity contribution in [3.8, 4) is 0 Å². The first kappa shape index (κ1) is 38.7. The Morgan fingerprint density at radius 3 is 1.15 bits per heavy atom. The molecule has 1 saturated heterocycles. The average molecular weight is 634 g/mol. The van der Waals surface area contributed by atoms with Crippen molar-refractivity contribution in [2.45, 2.75) is 181 Å². The van der Waals surface area contributed by atoms with Crippen LogP contribution >= 0.6 is 0 Å². The summed E-state index contributed by atoms with van der Waals surface area (Å²) >= 11 is 0. The second kappa shape index (κ2) is 26.1. The quantitative estimate of drug-likeness (QED) is 0.0701. The van der Waals surface area contributed by atoms with Crippen LogP contribution in [0.1, 0.15) is 149 Å². The summed E-state index contributed by atoms with van der Waals surface area (Å²) in [5, 5.41) is 0. The highest BCUT2D eigenvalue weighted by Crippen LogP contribution is 2.22. The van der Waals surface area contributed by atoms with Crippen molar-refractivity contribution in [1.82, 2.24) is 4.90 Å². The number of unbranched alkanes of at least 4 members (excludes halogenated alkanes) is 18. The third-order valence-electron chi connectivity index (χ3n) is 8.36. The first-order valence-electron chi connectivity index (χ1n) is 17.8. The molecular weight excluding hydrogens is 563 g/mol. The first-order chi connectivity index (χ1) is 19.4. The van der Waals surface area contributed by atoms with Crippen molar-refractivity contribution < 1.29 is 16.5 Å². The van der Waals surface area contributed by atoms with Gasteiger partial charge < -0.3 is 21.4 Å². The molecule has 9 heteroatoms. The average Bonchev–Trinajstić information content (AvgIpc) is 2.89. The van der Waals surface area contributed by atoms with Crippen molar-refractivity contribution in [2.75, 3.05) is 19.6 Å². The van der Waals surface area contributed by atoms with Crippen molar-refractivity contribution >= 4 is 36.4 Å². The summed E-state index contributed by atoms with van der Waals surface area (Å²) < 4.78 is 25.3. The van der Waals surface area contributed by atoms with Crippen LogP contribution in [0.15, 0.2) is 0 Å². The molecule has 1 aliphatic rings. The Hall–Kier alpha value is 0.668. The van der Waals surface area contributed by atoms with Gasteiger partial charge in [-0.15, -0.1) is 0 Å². The van der Waals surface area contributed by atoms with Crippen LogP contribution in [0.25, 0.3) is 0 Å². The Morgan fingerprint density at radius 2 is 0.775 bits per heavy atom. The van der Waals surface area contributed by atoms with Crippen LogP contribution < -0.4 is 0 Å². The van der Waals surface area contributed by atoms with Crippen LogP contribution in [-0.2, 0) is 16.5 Å². The van der Waals surface area contributed by atoms with E-state index in [1.165, 1.54) is 154 Å². The van der Waals surface area contributed by atoms with Crippen LogP contribution in [0.2, 0.25) is 32.2 Å². The molecule has 1 fully saturated rings. The highest BCUT2D eigenvalue weighted by atomic mass is 28.5. The van der Waals surface area contributed by atoms with Gasteiger partial charge in [0, 0.05) is 0 Å². The van der Waals surface area contributed by atoms with Gasteiger partial charge in [-0.1, -0.05) is 129 Å². The lowest BCUT2D eigenvalue weighted by Gasteiger charge is -2.37. The van der Waals surface area contributed by atoms with Crippen molar-refractivity contribution in [3.05, 3.63) is 0 Å². The third-order valence-corrected chi connectivity index (χ3v) is 22.4. The molecule has 0 aromatic heterocycles. The molecule has 40 heavy (non-hydrogen) atoms. The van der Waals surface area contributed by atoms with Gasteiger partial charge in [0.2, 0.25) is 0 Å². The van der Waals surface area contributed by atoms with E-state index in [2.05, 4.69) is 44.9 Å². The summed E-state index contributed by atoms with van der Waals surface area (Å²) in [5.41, 5.74) is 0. The van der Waals surface area contributed by atoms with Gasteiger partial charge in [0.25, 0.3) is 27.9 Å². The molecule has 2 atom stereocenters. The van der Waals surface area contributed by atoms with Crippen LogP contribution in [-0.4, -0.2) is 60.9 Å². The van der Waals surface area contributed by atoms with Gasteiger partial charge in [-0.2, -0.15) is 0 Å². The Kier molecular flexibility index (Phi) is 25.2. The molecule has 1 rings (SSSR count). The van der Waals surface area contributed by atoms with Gasteiger partial charge in [-0.05, 0) is 71.1 Å². The molecule has 0 N–H and O–H groups in total. The minimum atomic E-state index is -2.20. The van der Waals surface area contributed by atoms with Gasteiger partial charge >= 0.3 is 8.56 Å². The smallest absolute Gasteiger partial charge is 0.317 e. The van der Waals surface area contributed by atoms with Gasteiger partial charge in [0.05, 0.1) is 0 Å². The predicted octanol–water partition coefficient (Wildman–Crippen LogP) is 9.22. The van der Waals surface area contributed by atoms with Gasteiger partial charge in [0.1, 0.15) is 0 Å². The second-order valence-electron chi connectivity index (χ2n) is 12.7. The van der Waals surface area contributed by atoms with E-state index >= 15 is 0 Å². The Bertz CT molecular complexity index is 525. The number of hydrogen-bond donors (Lipinski definition) is 0. The molecule has 0 aliphatic carbocycles. The van der Waals surface area contributed by atoms with E-state index in [1.54, 1.807) is 0 Å². The van der Waals surface area contributed by atoms with Gasteiger partial charge in [0.15, 0.2) is 0 Å². The van der Waals surface area contributed by atoms with E-state index in [0.717, 1.165) is 6.04 Å². The number of hydrogen-bond acceptors (Lipinski definition) is 5. The molecule has 0 amide bonds. The second-order valence-corrected chi connectivity index (χ2v) is 22.9. The molecule has 0 saturated carbocycles. The fourth-order valence-corrected chi connectivity index (χ4v) is 20.8. The minimum Gasteiger partial charge on any atom is -0.420 e. The molecule has 0 bridgehead atoms. The topological polar surface area (TPSA) is 40.2 Å². The zero-order valence-electron chi connectivity index (χ0n) is 28.0. The molecule has 0 radical (unpaired) electrons. The molecule has 0 aromatic carbocycles. The summed E-state index contributed by atoms with van der Waals surface area (Å²) in [5.74, 6) is 0. The molecule has 2 unspecified atom stereocenters. The van der Waals surface area contributed by atoms with E-state index in [1.807, 2.05) is 0 Å². The van der Waals surface area contributed by atoms with Crippen molar-refractivity contribution in [2.24, 2.45) is 0 Å². The largest absolute Gasteiger partial charge is 0.420 e. The maximum atomic E-state index is 6.54. The van der Waals surface area contributed by atoms with Crippen molar-refractivity contribution in [1.29, 1.82) is 0 Å². The van der Waals surface area contributed by atoms with Crippen LogP contribution in [0.3, 0.4) is 0 Å². The highest BCUT2D eigenvalue weighted by Gasteiger charge is 2.39. The van der Waals surface area contributed by atoms with Gasteiger partial charge in [-0.3, -0.25) is 0 Å². The normalized spacial score (nSPS) is 23.9. The molecule has 0 aromatic rings. The SMILES string of the molecule is CCCCCCCCCCCCN(CCCCCCCCCCCC)CCC[Si]1(C)O[SiH](C)O[SiH](C)O[SiH](C)O1. The molecule has 5 nitrogen and oxygen atoms in total. The summed E-state index contributed by atoms with van der Waals surface area (Å²) in [6.07, 6.45) is 29.4. The van der Waals surface area contributed by atoms with Gasteiger partial charge in [-0.25, -0.2) is 0 Å². The predicted molar refractivity (Wildman–Crippen MR) is 185 cm³/mol. The Balaban J connectivity index is 2.35. The Morgan fingerprint density at radius 1 is 0.450 bits per heavy atom. The lowest BCUT2D eigenvalue weighted by molar-refractivity contribution is 0.250. The van der Waals surface area contributed by atoms with Crippen LogP contribution in [0.5, 0.6) is 0 Å². The highest BCUT2D eigenvalue weighted by molar-refractivity contribution is 6.81. The zero-order valence-corrected chi connectivity index (χ0v) is 32.5. The lowest BCUT2D eigenvalue weighted by Crippen LogP contribution is -2.53. The fourth-order valence-electron chi connectivity index (χ4n) is 6.08. The van der Waals surface area contributed by atoms with Crippen LogP contribution in [0.4, 0.5) is 0 Å². The maximum absolute atomic E-state index is 6.54. The molecule has 1 aliphatic heterocycles. The lowest BCUT2D eigenvalue weighted by atomic mass is 10.1. The molecular formula is C31H71NO4Si4. The van der Waals surface area contributed by atoms with E-state index in [9.17, 15) is 0 Å². The number of nitrogens with zero attached hydrogens (tertiary/aromatic N) is 1. The summed E-state index contributed by atoms with van der Waals surface area (Å²) in [7, 11) is -7.06. The summed E-state index contributed by atoms with van der Waals surface area (Å²) in [4.78, 5) is 2.76. The maximum Gasteiger partial charge on any atom is 0.317 e. The molecule has 1 heterocycles. The summed E-state index contributed by atoms with van der Waals surface area (Å²) in [6, 6.07) is 1.07. The fraction of sp³-hybridized carbons (Fsp3) is 1.00. The molecule has 240 valence electrons. The van der Waals surface area contributed by atoms with E-state index in [-0.39, 0.29) is 0 Å². The summed E-state index contributed by atoms with van der Waals surface area (Å²) in [6.45, 7) is 17.0. The molecule has 0 spiro atoms. The van der Waals surface area contributed by atoms with Crippen molar-refractivity contribution in [3.63, 3.8) is 0 Å².